The summed E-state index contributed by atoms with van der Waals surface area (Å²) in [5, 5.41) is 4.07. The van der Waals surface area contributed by atoms with Gasteiger partial charge < -0.3 is 10.1 Å². The number of rotatable bonds is 5. The number of para-hydroxylation sites is 1. The van der Waals surface area contributed by atoms with Crippen LogP contribution in [0.1, 0.15) is 25.5 Å². The minimum absolute atomic E-state index is 0.239. The van der Waals surface area contributed by atoms with E-state index >= 15 is 0 Å². The number of hydrogen-bond donors (Lipinski definition) is 1. The molecule has 0 aliphatic carbocycles. The molecule has 0 aromatic heterocycles. The molecular weight excluding hydrogens is 258 g/mol. The molecule has 0 aliphatic heterocycles. The number of ether oxygens (including phenoxy) is 1. The first-order chi connectivity index (χ1) is 9.20. The predicted molar refractivity (Wildman–Crippen MR) is 80.1 cm³/mol. The Morgan fingerprint density at radius 3 is 2.47 bits per heavy atom. The molecule has 0 amide bonds. The van der Waals surface area contributed by atoms with Crippen molar-refractivity contribution in [3.05, 3.63) is 59.1 Å². The fourth-order valence-corrected chi connectivity index (χ4v) is 2.30. The fraction of sp³-hybridized carbons (Fsp3) is 0.250. The molecule has 2 aromatic carbocycles. The highest BCUT2D eigenvalue weighted by Gasteiger charge is 2.09. The quantitative estimate of drug-likeness (QED) is 0.846. The molecule has 0 saturated carbocycles. The molecule has 0 spiro atoms. The SMILES string of the molecule is CCNC(C)c1ccc(Oc2ccccc2)cc1Cl. The maximum atomic E-state index is 6.31. The molecule has 0 saturated heterocycles. The second kappa shape index (κ2) is 6.60. The Labute approximate surface area is 119 Å². The standard InChI is InChI=1S/C16H18ClNO/c1-3-18-12(2)15-10-9-14(11-16(15)17)19-13-7-5-4-6-8-13/h4-12,18H,3H2,1-2H3. The molecule has 2 nitrogen and oxygen atoms in total. The number of benzene rings is 2. The Balaban J connectivity index is 2.15. The molecule has 0 heterocycles. The average Bonchev–Trinajstić information content (AvgIpc) is 2.40. The molecule has 100 valence electrons. The van der Waals surface area contributed by atoms with Crippen LogP contribution in [-0.4, -0.2) is 6.54 Å². The largest absolute Gasteiger partial charge is 0.457 e. The second-order valence-electron chi connectivity index (χ2n) is 4.38. The number of hydrogen-bond acceptors (Lipinski definition) is 2. The monoisotopic (exact) mass is 275 g/mol. The van der Waals surface area contributed by atoms with Gasteiger partial charge in [0.1, 0.15) is 11.5 Å². The average molecular weight is 276 g/mol. The molecule has 19 heavy (non-hydrogen) atoms. The van der Waals surface area contributed by atoms with Gasteiger partial charge in [0.25, 0.3) is 0 Å². The predicted octanol–water partition coefficient (Wildman–Crippen LogP) is 4.80. The van der Waals surface area contributed by atoms with Crippen LogP contribution in [0.5, 0.6) is 11.5 Å². The lowest BCUT2D eigenvalue weighted by molar-refractivity contribution is 0.482. The maximum absolute atomic E-state index is 6.31. The smallest absolute Gasteiger partial charge is 0.128 e. The normalized spacial score (nSPS) is 12.2. The van der Waals surface area contributed by atoms with Crippen LogP contribution in [0.15, 0.2) is 48.5 Å². The van der Waals surface area contributed by atoms with E-state index in [0.717, 1.165) is 28.6 Å². The van der Waals surface area contributed by atoms with Crippen LogP contribution in [0.25, 0.3) is 0 Å². The van der Waals surface area contributed by atoms with Crippen LogP contribution in [0, 0.1) is 0 Å². The van der Waals surface area contributed by atoms with Crippen molar-refractivity contribution in [3.63, 3.8) is 0 Å². The van der Waals surface area contributed by atoms with Gasteiger partial charge in [0.15, 0.2) is 0 Å². The van der Waals surface area contributed by atoms with Crippen molar-refractivity contribution in [3.8, 4) is 11.5 Å². The summed E-state index contributed by atoms with van der Waals surface area (Å²) in [7, 11) is 0. The Bertz CT molecular complexity index is 528. The summed E-state index contributed by atoms with van der Waals surface area (Å²) in [6, 6.07) is 15.7. The second-order valence-corrected chi connectivity index (χ2v) is 4.78. The van der Waals surface area contributed by atoms with Gasteiger partial charge in [-0.25, -0.2) is 0 Å². The topological polar surface area (TPSA) is 21.3 Å². The number of nitrogens with one attached hydrogen (secondary N) is 1. The van der Waals surface area contributed by atoms with Crippen LogP contribution >= 0.6 is 11.6 Å². The van der Waals surface area contributed by atoms with Gasteiger partial charge in [-0.15, -0.1) is 0 Å². The van der Waals surface area contributed by atoms with E-state index in [-0.39, 0.29) is 6.04 Å². The van der Waals surface area contributed by atoms with Gasteiger partial charge in [0.05, 0.1) is 0 Å². The summed E-state index contributed by atoms with van der Waals surface area (Å²) >= 11 is 6.31. The van der Waals surface area contributed by atoms with Crippen LogP contribution < -0.4 is 10.1 Å². The van der Waals surface area contributed by atoms with Gasteiger partial charge in [-0.1, -0.05) is 42.8 Å². The van der Waals surface area contributed by atoms with E-state index < -0.39 is 0 Å². The fourth-order valence-electron chi connectivity index (χ4n) is 1.96. The lowest BCUT2D eigenvalue weighted by Crippen LogP contribution is -2.17. The molecular formula is C16H18ClNO. The molecule has 1 N–H and O–H groups in total. The molecule has 0 fully saturated rings. The van der Waals surface area contributed by atoms with E-state index in [9.17, 15) is 0 Å². The first kappa shape index (κ1) is 13.9. The van der Waals surface area contributed by atoms with Crippen LogP contribution in [-0.2, 0) is 0 Å². The van der Waals surface area contributed by atoms with E-state index in [1.54, 1.807) is 0 Å². The van der Waals surface area contributed by atoms with E-state index in [1.807, 2.05) is 48.5 Å². The third-order valence-electron chi connectivity index (χ3n) is 2.93. The minimum atomic E-state index is 0.239. The Morgan fingerprint density at radius 1 is 1.11 bits per heavy atom. The van der Waals surface area contributed by atoms with Gasteiger partial charge in [0, 0.05) is 11.1 Å². The molecule has 0 bridgehead atoms. The summed E-state index contributed by atoms with van der Waals surface area (Å²) in [6.45, 7) is 5.10. The van der Waals surface area contributed by atoms with E-state index in [1.165, 1.54) is 0 Å². The number of halogens is 1. The minimum Gasteiger partial charge on any atom is -0.457 e. The van der Waals surface area contributed by atoms with Crippen LogP contribution in [0.2, 0.25) is 5.02 Å². The molecule has 2 aromatic rings. The zero-order chi connectivity index (χ0) is 13.7. The van der Waals surface area contributed by atoms with Crippen molar-refractivity contribution in [1.82, 2.24) is 5.32 Å². The lowest BCUT2D eigenvalue weighted by Gasteiger charge is -2.15. The van der Waals surface area contributed by atoms with E-state index in [0.29, 0.717) is 0 Å². The first-order valence-electron chi connectivity index (χ1n) is 6.46. The van der Waals surface area contributed by atoms with Gasteiger partial charge in [-0.3, -0.25) is 0 Å². The molecule has 1 atom stereocenters. The van der Waals surface area contributed by atoms with E-state index in [2.05, 4.69) is 19.2 Å². The Kier molecular flexibility index (Phi) is 4.83. The highest BCUT2D eigenvalue weighted by molar-refractivity contribution is 6.31. The molecule has 2 rings (SSSR count). The van der Waals surface area contributed by atoms with Crippen molar-refractivity contribution in [1.29, 1.82) is 0 Å². The summed E-state index contributed by atoms with van der Waals surface area (Å²) in [5.74, 6) is 1.56. The maximum Gasteiger partial charge on any atom is 0.128 e. The third-order valence-corrected chi connectivity index (χ3v) is 3.25. The molecule has 1 unspecified atom stereocenters. The van der Waals surface area contributed by atoms with Crippen LogP contribution in [0.4, 0.5) is 0 Å². The van der Waals surface area contributed by atoms with Crippen molar-refractivity contribution in [2.45, 2.75) is 19.9 Å². The van der Waals surface area contributed by atoms with Gasteiger partial charge in [-0.2, -0.15) is 0 Å². The summed E-state index contributed by atoms with van der Waals surface area (Å²) in [5.41, 5.74) is 1.09. The summed E-state index contributed by atoms with van der Waals surface area (Å²) in [4.78, 5) is 0. The lowest BCUT2D eigenvalue weighted by atomic mass is 10.1. The summed E-state index contributed by atoms with van der Waals surface area (Å²) in [6.07, 6.45) is 0. The molecule has 0 radical (unpaired) electrons. The van der Waals surface area contributed by atoms with Gasteiger partial charge in [-0.05, 0) is 43.3 Å². The first-order valence-corrected chi connectivity index (χ1v) is 6.84. The van der Waals surface area contributed by atoms with Gasteiger partial charge >= 0.3 is 0 Å². The molecule has 3 heteroatoms. The molecule has 0 aliphatic rings. The van der Waals surface area contributed by atoms with Crippen molar-refractivity contribution >= 4 is 11.6 Å². The highest BCUT2D eigenvalue weighted by atomic mass is 35.5. The Morgan fingerprint density at radius 2 is 1.84 bits per heavy atom. The summed E-state index contributed by atoms with van der Waals surface area (Å²) < 4.78 is 5.75. The van der Waals surface area contributed by atoms with Crippen molar-refractivity contribution < 1.29 is 4.74 Å². The highest BCUT2D eigenvalue weighted by Crippen LogP contribution is 2.29. The van der Waals surface area contributed by atoms with Crippen LogP contribution in [0.3, 0.4) is 0 Å². The Hall–Kier alpha value is -1.51. The zero-order valence-electron chi connectivity index (χ0n) is 11.2. The van der Waals surface area contributed by atoms with Crippen molar-refractivity contribution in [2.75, 3.05) is 6.54 Å². The van der Waals surface area contributed by atoms with E-state index in [4.69, 9.17) is 16.3 Å². The van der Waals surface area contributed by atoms with Crippen molar-refractivity contribution in [2.24, 2.45) is 0 Å². The zero-order valence-corrected chi connectivity index (χ0v) is 11.9. The third kappa shape index (κ3) is 3.72. The van der Waals surface area contributed by atoms with Gasteiger partial charge in [0.2, 0.25) is 0 Å².